The number of carbonyl (C=O) groups is 1. The molecule has 0 bridgehead atoms. The Kier molecular flexibility index (Phi) is 42.3. The fourth-order valence-corrected chi connectivity index (χ4v) is 4.52. The molecule has 0 saturated carbocycles. The summed E-state index contributed by atoms with van der Waals surface area (Å²) in [5, 5.41) is 0. The molecule has 0 aromatic carbocycles. The van der Waals surface area contributed by atoms with Crippen LogP contribution in [-0.2, 0) is 52.2 Å². The van der Waals surface area contributed by atoms with Gasteiger partial charge in [0.25, 0.3) is 0 Å². The first kappa shape index (κ1) is 46.1. The molecular formula is C36H72O11. The maximum Gasteiger partial charge on any atom is 0.307 e. The average Bonchev–Trinajstić information content (AvgIpc) is 3.08. The van der Waals surface area contributed by atoms with Crippen LogP contribution in [0.25, 0.3) is 0 Å². The van der Waals surface area contributed by atoms with E-state index in [0.717, 1.165) is 13.0 Å². The van der Waals surface area contributed by atoms with E-state index in [1.165, 1.54) is 90.6 Å². The Morgan fingerprint density at radius 3 is 0.830 bits per heavy atom. The third-order valence-electron chi connectivity index (χ3n) is 7.30. The lowest BCUT2D eigenvalue weighted by Crippen LogP contribution is -2.15. The van der Waals surface area contributed by atoms with Gasteiger partial charge in [-0.1, -0.05) is 90.4 Å². The summed E-state index contributed by atoms with van der Waals surface area (Å²) in [5.74, 6) is -0.279. The summed E-state index contributed by atoms with van der Waals surface area (Å²) in [7, 11) is 1.36. The van der Waals surface area contributed by atoms with Crippen molar-refractivity contribution in [3.8, 4) is 0 Å². The van der Waals surface area contributed by atoms with E-state index in [1.807, 2.05) is 0 Å². The summed E-state index contributed by atoms with van der Waals surface area (Å²) in [5.41, 5.74) is 0. The van der Waals surface area contributed by atoms with Crippen molar-refractivity contribution in [1.29, 1.82) is 0 Å². The fraction of sp³-hybridized carbons (Fsp3) is 0.972. The van der Waals surface area contributed by atoms with Crippen molar-refractivity contribution >= 4 is 5.97 Å². The highest BCUT2D eigenvalue weighted by molar-refractivity contribution is 5.69. The Labute approximate surface area is 287 Å². The fourth-order valence-electron chi connectivity index (χ4n) is 4.52. The average molecular weight is 681 g/mol. The molecule has 0 amide bonds. The zero-order valence-electron chi connectivity index (χ0n) is 30.3. The number of ether oxygens (including phenoxy) is 10. The van der Waals surface area contributed by atoms with Crippen LogP contribution in [0.3, 0.4) is 0 Å². The van der Waals surface area contributed by atoms with E-state index in [0.29, 0.717) is 112 Å². The maximum atomic E-state index is 10.9. The van der Waals surface area contributed by atoms with Crippen molar-refractivity contribution in [3.05, 3.63) is 0 Å². The Hall–Kier alpha value is -0.890. The lowest BCUT2D eigenvalue weighted by atomic mass is 10.0. The molecule has 0 N–H and O–H groups in total. The number of rotatable bonds is 42. The van der Waals surface area contributed by atoms with Crippen LogP contribution in [-0.4, -0.2) is 132 Å². The largest absolute Gasteiger partial charge is 0.469 e. The number of esters is 1. The number of carbonyl (C=O) groups excluding carboxylic acids is 1. The van der Waals surface area contributed by atoms with Crippen LogP contribution in [0, 0.1) is 0 Å². The van der Waals surface area contributed by atoms with Gasteiger partial charge in [-0.2, -0.15) is 0 Å². The van der Waals surface area contributed by atoms with Gasteiger partial charge in [-0.05, 0) is 6.42 Å². The van der Waals surface area contributed by atoms with Crippen LogP contribution in [0.4, 0.5) is 0 Å². The lowest BCUT2D eigenvalue weighted by molar-refractivity contribution is -0.141. The van der Waals surface area contributed by atoms with Crippen molar-refractivity contribution < 1.29 is 52.2 Å². The van der Waals surface area contributed by atoms with Gasteiger partial charge in [-0.25, -0.2) is 0 Å². The van der Waals surface area contributed by atoms with Crippen LogP contribution in [0.15, 0.2) is 0 Å². The summed E-state index contributed by atoms with van der Waals surface area (Å²) in [4.78, 5) is 10.9. The summed E-state index contributed by atoms with van der Waals surface area (Å²) in [6, 6.07) is 0. The molecule has 11 nitrogen and oxygen atoms in total. The predicted molar refractivity (Wildman–Crippen MR) is 184 cm³/mol. The molecule has 282 valence electrons. The number of hydrogen-bond acceptors (Lipinski definition) is 11. The first-order chi connectivity index (χ1) is 23.3. The van der Waals surface area contributed by atoms with E-state index in [-0.39, 0.29) is 12.4 Å². The molecule has 0 aliphatic rings. The monoisotopic (exact) mass is 681 g/mol. The normalized spacial score (nSPS) is 11.4. The molecule has 0 spiro atoms. The summed E-state index contributed by atoms with van der Waals surface area (Å²) in [6.07, 6.45) is 19.5. The van der Waals surface area contributed by atoms with E-state index < -0.39 is 0 Å². The first-order valence-corrected chi connectivity index (χ1v) is 18.6. The van der Waals surface area contributed by atoms with Gasteiger partial charge in [0.1, 0.15) is 0 Å². The Morgan fingerprint density at radius 2 is 0.553 bits per heavy atom. The van der Waals surface area contributed by atoms with Crippen molar-refractivity contribution in [1.82, 2.24) is 0 Å². The standard InChI is InChI=1S/C36H72O11/c1-3-4-5-6-7-8-9-10-11-12-13-14-15-16-18-39-20-22-41-24-26-43-28-30-45-32-34-47-35-33-46-31-29-44-27-25-42-23-21-40-19-17-36(37)38-2/h3-35H2,1-2H3. The minimum atomic E-state index is -0.279. The highest BCUT2D eigenvalue weighted by atomic mass is 16.6. The molecule has 0 unspecified atom stereocenters. The number of hydrogen-bond donors (Lipinski definition) is 0. The molecule has 0 fully saturated rings. The minimum Gasteiger partial charge on any atom is -0.469 e. The molecule has 0 aliphatic carbocycles. The van der Waals surface area contributed by atoms with Gasteiger partial charge in [0.2, 0.25) is 0 Å². The molecule has 47 heavy (non-hydrogen) atoms. The number of unbranched alkanes of at least 4 members (excludes halogenated alkanes) is 13. The van der Waals surface area contributed by atoms with Gasteiger partial charge in [0.05, 0.1) is 126 Å². The van der Waals surface area contributed by atoms with Crippen molar-refractivity contribution in [2.75, 3.05) is 126 Å². The van der Waals surface area contributed by atoms with E-state index in [2.05, 4.69) is 11.7 Å². The van der Waals surface area contributed by atoms with E-state index in [4.69, 9.17) is 42.6 Å². The number of methoxy groups -OCH3 is 1. The second kappa shape index (κ2) is 43.1. The third-order valence-corrected chi connectivity index (χ3v) is 7.30. The van der Waals surface area contributed by atoms with Gasteiger partial charge in [0.15, 0.2) is 0 Å². The van der Waals surface area contributed by atoms with Crippen molar-refractivity contribution in [2.24, 2.45) is 0 Å². The van der Waals surface area contributed by atoms with Crippen LogP contribution in [0.2, 0.25) is 0 Å². The summed E-state index contributed by atoms with van der Waals surface area (Å²) < 4.78 is 53.8. The molecular weight excluding hydrogens is 608 g/mol. The summed E-state index contributed by atoms with van der Waals surface area (Å²) >= 11 is 0. The smallest absolute Gasteiger partial charge is 0.307 e. The van der Waals surface area contributed by atoms with Gasteiger partial charge < -0.3 is 47.4 Å². The minimum absolute atomic E-state index is 0.251. The molecule has 0 rings (SSSR count). The highest BCUT2D eigenvalue weighted by Gasteiger charge is 2.00. The Balaban J connectivity index is 3.05. The zero-order valence-corrected chi connectivity index (χ0v) is 30.3. The van der Waals surface area contributed by atoms with Crippen molar-refractivity contribution in [3.63, 3.8) is 0 Å². The topological polar surface area (TPSA) is 109 Å². The van der Waals surface area contributed by atoms with E-state index in [9.17, 15) is 4.79 Å². The second-order valence-electron chi connectivity index (χ2n) is 11.4. The molecule has 0 atom stereocenters. The first-order valence-electron chi connectivity index (χ1n) is 18.6. The van der Waals surface area contributed by atoms with E-state index in [1.54, 1.807) is 0 Å². The van der Waals surface area contributed by atoms with Gasteiger partial charge in [-0.3, -0.25) is 4.79 Å². The molecule has 0 aromatic rings. The molecule has 0 heterocycles. The lowest BCUT2D eigenvalue weighted by Gasteiger charge is -2.09. The van der Waals surface area contributed by atoms with Gasteiger partial charge in [-0.15, -0.1) is 0 Å². The molecule has 11 heteroatoms. The van der Waals surface area contributed by atoms with Crippen LogP contribution in [0.1, 0.15) is 103 Å². The molecule has 0 aromatic heterocycles. The van der Waals surface area contributed by atoms with E-state index >= 15 is 0 Å². The predicted octanol–water partition coefficient (Wildman–Crippen LogP) is 6.18. The quantitative estimate of drug-likeness (QED) is 0.0545. The van der Waals surface area contributed by atoms with Crippen LogP contribution < -0.4 is 0 Å². The third kappa shape index (κ3) is 43.1. The molecule has 0 radical (unpaired) electrons. The van der Waals surface area contributed by atoms with Gasteiger partial charge >= 0.3 is 5.97 Å². The second-order valence-corrected chi connectivity index (χ2v) is 11.4. The zero-order chi connectivity index (χ0) is 34.0. The Morgan fingerprint density at radius 1 is 0.319 bits per heavy atom. The maximum absolute atomic E-state index is 10.9. The Bertz CT molecular complexity index is 583. The van der Waals surface area contributed by atoms with Crippen molar-refractivity contribution in [2.45, 2.75) is 103 Å². The van der Waals surface area contributed by atoms with Crippen LogP contribution in [0.5, 0.6) is 0 Å². The SMILES string of the molecule is CCCCCCCCCCCCCCCCOCCOCCOCCOCCOCCOCCOCCOCCOCCC(=O)OC. The van der Waals surface area contributed by atoms with Gasteiger partial charge in [0, 0.05) is 6.61 Å². The molecule has 0 saturated heterocycles. The summed E-state index contributed by atoms with van der Waals surface area (Å²) in [6.45, 7) is 11.8. The van der Waals surface area contributed by atoms with Crippen LogP contribution >= 0.6 is 0 Å². The molecule has 0 aliphatic heterocycles. The highest BCUT2D eigenvalue weighted by Crippen LogP contribution is 2.13.